The van der Waals surface area contributed by atoms with Gasteiger partial charge in [-0.1, -0.05) is 6.07 Å². The molecule has 3 heterocycles. The smallest absolute Gasteiger partial charge is 0.253 e. The second-order valence-corrected chi connectivity index (χ2v) is 6.76. The number of carbonyl (C=O) groups excluding carboxylic acids is 1. The third-order valence-electron chi connectivity index (χ3n) is 5.15. The standard InChI is InChI=1S/C21H23N5O/c1-17(20-5-2-3-10-22-20)24-13-15-25(16-14-24)21(27)18-6-8-19(9-7-18)26-12-4-11-23-26/h2-12,17H,13-16H2,1H3/t17-/m1/s1. The van der Waals surface area contributed by atoms with Crippen molar-refractivity contribution in [3.8, 4) is 5.69 Å². The van der Waals surface area contributed by atoms with Crippen LogP contribution in [0.1, 0.15) is 29.0 Å². The average molecular weight is 361 g/mol. The Bertz CT molecular complexity index is 869. The molecule has 2 aromatic heterocycles. The van der Waals surface area contributed by atoms with Crippen molar-refractivity contribution in [2.45, 2.75) is 13.0 Å². The summed E-state index contributed by atoms with van der Waals surface area (Å²) in [5, 5.41) is 4.21. The molecule has 6 heteroatoms. The van der Waals surface area contributed by atoms with Crippen LogP contribution in [0, 0.1) is 0 Å². The highest BCUT2D eigenvalue weighted by Gasteiger charge is 2.25. The molecule has 1 saturated heterocycles. The molecule has 1 atom stereocenters. The first-order chi connectivity index (χ1) is 13.2. The second kappa shape index (κ2) is 7.72. The molecule has 3 aromatic rings. The maximum atomic E-state index is 12.8. The number of rotatable bonds is 4. The van der Waals surface area contributed by atoms with Crippen molar-refractivity contribution in [1.29, 1.82) is 0 Å². The van der Waals surface area contributed by atoms with Crippen LogP contribution in [0.4, 0.5) is 0 Å². The van der Waals surface area contributed by atoms with Crippen molar-refractivity contribution < 1.29 is 4.79 Å². The minimum Gasteiger partial charge on any atom is -0.336 e. The van der Waals surface area contributed by atoms with Gasteiger partial charge in [0.25, 0.3) is 5.91 Å². The van der Waals surface area contributed by atoms with Gasteiger partial charge in [-0.2, -0.15) is 5.10 Å². The van der Waals surface area contributed by atoms with Crippen molar-refractivity contribution in [3.63, 3.8) is 0 Å². The van der Waals surface area contributed by atoms with Crippen molar-refractivity contribution in [3.05, 3.63) is 78.4 Å². The number of piperazine rings is 1. The lowest BCUT2D eigenvalue weighted by Gasteiger charge is -2.37. The fourth-order valence-electron chi connectivity index (χ4n) is 3.48. The molecule has 0 spiro atoms. The van der Waals surface area contributed by atoms with Crippen molar-refractivity contribution in [1.82, 2.24) is 24.6 Å². The van der Waals surface area contributed by atoms with Crippen LogP contribution in [0.15, 0.2) is 67.1 Å². The van der Waals surface area contributed by atoms with Crippen LogP contribution in [-0.4, -0.2) is 56.7 Å². The molecule has 1 fully saturated rings. The summed E-state index contributed by atoms with van der Waals surface area (Å²) >= 11 is 0. The SMILES string of the molecule is C[C@H](c1ccccn1)N1CCN(C(=O)c2ccc(-n3cccn3)cc2)CC1. The number of pyridine rings is 1. The van der Waals surface area contributed by atoms with Gasteiger partial charge in [0.2, 0.25) is 0 Å². The van der Waals surface area contributed by atoms with Gasteiger partial charge in [0.1, 0.15) is 0 Å². The van der Waals surface area contributed by atoms with E-state index in [1.54, 1.807) is 10.9 Å². The maximum absolute atomic E-state index is 12.8. The number of benzene rings is 1. The zero-order valence-electron chi connectivity index (χ0n) is 15.4. The zero-order chi connectivity index (χ0) is 18.6. The van der Waals surface area contributed by atoms with E-state index in [1.165, 1.54) is 0 Å². The van der Waals surface area contributed by atoms with Gasteiger partial charge in [0.15, 0.2) is 0 Å². The van der Waals surface area contributed by atoms with Crippen LogP contribution in [0.25, 0.3) is 5.69 Å². The van der Waals surface area contributed by atoms with E-state index in [4.69, 9.17) is 0 Å². The summed E-state index contributed by atoms with van der Waals surface area (Å²) < 4.78 is 1.78. The molecule has 1 aliphatic heterocycles. The van der Waals surface area contributed by atoms with E-state index in [2.05, 4.69) is 28.0 Å². The largest absolute Gasteiger partial charge is 0.336 e. The van der Waals surface area contributed by atoms with E-state index < -0.39 is 0 Å². The monoisotopic (exact) mass is 361 g/mol. The van der Waals surface area contributed by atoms with Crippen molar-refractivity contribution >= 4 is 5.91 Å². The molecule has 6 nitrogen and oxygen atoms in total. The summed E-state index contributed by atoms with van der Waals surface area (Å²) in [6.45, 7) is 5.35. The molecular weight excluding hydrogens is 338 g/mol. The third kappa shape index (κ3) is 3.75. The van der Waals surface area contributed by atoms with Gasteiger partial charge in [-0.05, 0) is 49.4 Å². The number of nitrogens with zero attached hydrogens (tertiary/aromatic N) is 5. The topological polar surface area (TPSA) is 54.3 Å². The minimum atomic E-state index is 0.0900. The molecule has 138 valence electrons. The maximum Gasteiger partial charge on any atom is 0.253 e. The van der Waals surface area contributed by atoms with Gasteiger partial charge < -0.3 is 4.90 Å². The number of hydrogen-bond donors (Lipinski definition) is 0. The summed E-state index contributed by atoms with van der Waals surface area (Å²) in [6, 6.07) is 15.8. The number of aromatic nitrogens is 3. The van der Waals surface area contributed by atoms with Crippen LogP contribution in [0.2, 0.25) is 0 Å². The van der Waals surface area contributed by atoms with E-state index >= 15 is 0 Å². The summed E-state index contributed by atoms with van der Waals surface area (Å²) in [5.74, 6) is 0.0900. The quantitative estimate of drug-likeness (QED) is 0.717. The molecule has 0 unspecified atom stereocenters. The van der Waals surface area contributed by atoms with E-state index in [1.807, 2.05) is 59.8 Å². The van der Waals surface area contributed by atoms with Crippen LogP contribution in [0.3, 0.4) is 0 Å². The van der Waals surface area contributed by atoms with Gasteiger partial charge in [0.05, 0.1) is 11.4 Å². The Morgan fingerprint density at radius 2 is 1.74 bits per heavy atom. The lowest BCUT2D eigenvalue weighted by atomic mass is 10.1. The number of carbonyl (C=O) groups is 1. The Morgan fingerprint density at radius 3 is 2.37 bits per heavy atom. The first-order valence-electron chi connectivity index (χ1n) is 9.27. The second-order valence-electron chi connectivity index (χ2n) is 6.76. The molecule has 1 aliphatic rings. The Labute approximate surface area is 159 Å². The Kier molecular flexibility index (Phi) is 4.98. The first-order valence-corrected chi connectivity index (χ1v) is 9.27. The van der Waals surface area contributed by atoms with Crippen LogP contribution < -0.4 is 0 Å². The normalized spacial score (nSPS) is 16.3. The van der Waals surface area contributed by atoms with E-state index in [9.17, 15) is 4.79 Å². The lowest BCUT2D eigenvalue weighted by molar-refractivity contribution is 0.0579. The highest BCUT2D eigenvalue weighted by atomic mass is 16.2. The van der Waals surface area contributed by atoms with Gasteiger partial charge in [0, 0.05) is 56.4 Å². The Hall–Kier alpha value is -2.99. The molecular formula is C21H23N5O. The molecule has 27 heavy (non-hydrogen) atoms. The van der Waals surface area contributed by atoms with E-state index in [-0.39, 0.29) is 11.9 Å². The highest BCUT2D eigenvalue weighted by molar-refractivity contribution is 5.94. The number of hydrogen-bond acceptors (Lipinski definition) is 4. The highest BCUT2D eigenvalue weighted by Crippen LogP contribution is 2.20. The summed E-state index contributed by atoms with van der Waals surface area (Å²) in [5.41, 5.74) is 2.74. The fourth-order valence-corrected chi connectivity index (χ4v) is 3.48. The Balaban J connectivity index is 1.37. The predicted molar refractivity (Wildman–Crippen MR) is 104 cm³/mol. The fraction of sp³-hybridized carbons (Fsp3) is 0.286. The molecule has 0 aliphatic carbocycles. The van der Waals surface area contributed by atoms with Crippen molar-refractivity contribution in [2.24, 2.45) is 0 Å². The van der Waals surface area contributed by atoms with Gasteiger partial charge in [-0.25, -0.2) is 4.68 Å². The molecule has 4 rings (SSSR count). The van der Waals surface area contributed by atoms with Gasteiger partial charge in [-0.3, -0.25) is 14.7 Å². The molecule has 0 N–H and O–H groups in total. The molecule has 1 amide bonds. The van der Waals surface area contributed by atoms with Crippen molar-refractivity contribution in [2.75, 3.05) is 26.2 Å². The molecule has 1 aromatic carbocycles. The molecule has 0 bridgehead atoms. The van der Waals surface area contributed by atoms with Crippen LogP contribution in [-0.2, 0) is 0 Å². The van der Waals surface area contributed by atoms with Gasteiger partial charge >= 0.3 is 0 Å². The van der Waals surface area contributed by atoms with E-state index in [0.717, 1.165) is 43.1 Å². The average Bonchev–Trinajstić information content (AvgIpc) is 3.28. The minimum absolute atomic E-state index is 0.0900. The molecule has 0 radical (unpaired) electrons. The summed E-state index contributed by atoms with van der Waals surface area (Å²) in [6.07, 6.45) is 5.46. The van der Waals surface area contributed by atoms with Crippen LogP contribution in [0.5, 0.6) is 0 Å². The Morgan fingerprint density at radius 1 is 0.963 bits per heavy atom. The number of amides is 1. The summed E-state index contributed by atoms with van der Waals surface area (Å²) in [7, 11) is 0. The molecule has 0 saturated carbocycles. The predicted octanol–water partition coefficient (Wildman–Crippen LogP) is 2.79. The van der Waals surface area contributed by atoms with Gasteiger partial charge in [-0.15, -0.1) is 0 Å². The summed E-state index contributed by atoms with van der Waals surface area (Å²) in [4.78, 5) is 21.6. The first kappa shape index (κ1) is 17.4. The van der Waals surface area contributed by atoms with E-state index in [0.29, 0.717) is 0 Å². The zero-order valence-corrected chi connectivity index (χ0v) is 15.4. The third-order valence-corrected chi connectivity index (χ3v) is 5.15. The lowest BCUT2D eigenvalue weighted by Crippen LogP contribution is -2.49. The van der Waals surface area contributed by atoms with Crippen LogP contribution >= 0.6 is 0 Å².